The third-order valence-corrected chi connectivity index (χ3v) is 4.52. The molecule has 1 aromatic heterocycles. The lowest BCUT2D eigenvalue weighted by Crippen LogP contribution is -2.34. The Kier molecular flexibility index (Phi) is 5.98. The van der Waals surface area contributed by atoms with Gasteiger partial charge in [0.1, 0.15) is 21.5 Å². The average Bonchev–Trinajstić information content (AvgIpc) is 2.89. The summed E-state index contributed by atoms with van der Waals surface area (Å²) in [4.78, 5) is 36.7. The Morgan fingerprint density at radius 2 is 1.78 bits per heavy atom. The number of benzene rings is 1. The molecule has 2 aromatic rings. The van der Waals surface area contributed by atoms with Gasteiger partial charge in [-0.25, -0.2) is 9.59 Å². The van der Waals surface area contributed by atoms with E-state index in [0.29, 0.717) is 11.1 Å². The maximum absolute atomic E-state index is 12.3. The fourth-order valence-corrected chi connectivity index (χ4v) is 3.18. The predicted molar refractivity (Wildman–Crippen MR) is 102 cm³/mol. The lowest BCUT2D eigenvalue weighted by Gasteiger charge is -2.19. The molecule has 0 radical (unpaired) electrons. The highest BCUT2D eigenvalue weighted by Gasteiger charge is 2.26. The minimum absolute atomic E-state index is 0.156. The van der Waals surface area contributed by atoms with Crippen molar-refractivity contribution in [2.75, 3.05) is 5.32 Å². The van der Waals surface area contributed by atoms with E-state index >= 15 is 0 Å². The van der Waals surface area contributed by atoms with Crippen LogP contribution in [0.5, 0.6) is 0 Å². The van der Waals surface area contributed by atoms with E-state index in [-0.39, 0.29) is 15.4 Å². The SMILES string of the molecule is Cc1c(C(=O)OC(C)(C)C)sc(NC(=O)NC(=O)c2ccccc2)c1C#N. The van der Waals surface area contributed by atoms with Crippen LogP contribution >= 0.6 is 11.3 Å². The highest BCUT2D eigenvalue weighted by molar-refractivity contribution is 7.18. The number of hydrogen-bond acceptors (Lipinski definition) is 6. The Balaban J connectivity index is 2.17. The number of carbonyl (C=O) groups is 3. The van der Waals surface area contributed by atoms with Gasteiger partial charge >= 0.3 is 12.0 Å². The van der Waals surface area contributed by atoms with Crippen molar-refractivity contribution in [3.8, 4) is 6.07 Å². The number of thiophene rings is 1. The topological polar surface area (TPSA) is 108 Å². The van der Waals surface area contributed by atoms with Gasteiger partial charge < -0.3 is 4.74 Å². The number of esters is 1. The van der Waals surface area contributed by atoms with Gasteiger partial charge in [-0.15, -0.1) is 11.3 Å². The molecular weight excluding hydrogens is 366 g/mol. The summed E-state index contributed by atoms with van der Waals surface area (Å²) in [5.41, 5.74) is 0.211. The molecule has 0 saturated carbocycles. The first-order valence-corrected chi connectivity index (χ1v) is 8.88. The van der Waals surface area contributed by atoms with E-state index in [1.54, 1.807) is 58.0 Å². The summed E-state index contributed by atoms with van der Waals surface area (Å²) in [6, 6.07) is 9.42. The standard InChI is InChI=1S/C19H19N3O4S/c1-11-13(10-20)16(27-14(11)17(24)26-19(2,3)4)22-18(25)21-15(23)12-8-6-5-7-9-12/h5-9H,1-4H3,(H2,21,22,23,25). The number of anilines is 1. The molecule has 0 unspecified atom stereocenters. The molecule has 0 aliphatic heterocycles. The third-order valence-electron chi connectivity index (χ3n) is 3.33. The molecule has 27 heavy (non-hydrogen) atoms. The van der Waals surface area contributed by atoms with Crippen molar-refractivity contribution >= 4 is 34.2 Å². The molecule has 0 bridgehead atoms. The van der Waals surface area contributed by atoms with E-state index in [1.165, 1.54) is 0 Å². The van der Waals surface area contributed by atoms with Crippen molar-refractivity contribution in [2.24, 2.45) is 0 Å². The fraction of sp³-hybridized carbons (Fsp3) is 0.263. The highest BCUT2D eigenvalue weighted by Crippen LogP contribution is 2.33. The zero-order valence-electron chi connectivity index (χ0n) is 15.4. The first-order valence-electron chi connectivity index (χ1n) is 8.06. The molecule has 3 amide bonds. The van der Waals surface area contributed by atoms with Crippen LogP contribution in [0.15, 0.2) is 30.3 Å². The Hall–Kier alpha value is -3.18. The second-order valence-corrected chi connectivity index (χ2v) is 7.67. The Morgan fingerprint density at radius 3 is 2.33 bits per heavy atom. The van der Waals surface area contributed by atoms with E-state index in [2.05, 4.69) is 10.6 Å². The number of rotatable bonds is 3. The van der Waals surface area contributed by atoms with Gasteiger partial charge in [0.25, 0.3) is 5.91 Å². The average molecular weight is 385 g/mol. The number of imide groups is 1. The summed E-state index contributed by atoms with van der Waals surface area (Å²) in [6.07, 6.45) is 0. The summed E-state index contributed by atoms with van der Waals surface area (Å²) >= 11 is 0.930. The van der Waals surface area contributed by atoms with Crippen LogP contribution in [0, 0.1) is 18.3 Å². The molecule has 0 fully saturated rings. The summed E-state index contributed by atoms with van der Waals surface area (Å²) in [6.45, 7) is 6.81. The van der Waals surface area contributed by atoms with Gasteiger partial charge in [-0.3, -0.25) is 15.4 Å². The van der Waals surface area contributed by atoms with Crippen LogP contribution in [0.3, 0.4) is 0 Å². The van der Waals surface area contributed by atoms with E-state index in [1.807, 2.05) is 6.07 Å². The molecule has 140 valence electrons. The third kappa shape index (κ3) is 5.15. The van der Waals surface area contributed by atoms with Gasteiger partial charge in [0.15, 0.2) is 0 Å². The molecule has 8 heteroatoms. The number of hydrogen-bond donors (Lipinski definition) is 2. The van der Waals surface area contributed by atoms with Crippen molar-refractivity contribution in [3.05, 3.63) is 51.9 Å². The van der Waals surface area contributed by atoms with Crippen LogP contribution in [-0.4, -0.2) is 23.5 Å². The molecule has 1 aromatic carbocycles. The second-order valence-electron chi connectivity index (χ2n) is 6.65. The number of ether oxygens (including phenoxy) is 1. The van der Waals surface area contributed by atoms with E-state index in [0.717, 1.165) is 11.3 Å². The van der Waals surface area contributed by atoms with Crippen LogP contribution in [0.25, 0.3) is 0 Å². The van der Waals surface area contributed by atoms with Crippen LogP contribution in [0.1, 0.15) is 51.9 Å². The first-order chi connectivity index (χ1) is 12.6. The Bertz CT molecular complexity index is 921. The van der Waals surface area contributed by atoms with Crippen molar-refractivity contribution in [2.45, 2.75) is 33.3 Å². The maximum atomic E-state index is 12.3. The molecule has 0 aliphatic rings. The van der Waals surface area contributed by atoms with Crippen LogP contribution in [0.2, 0.25) is 0 Å². The van der Waals surface area contributed by atoms with Gasteiger partial charge in [-0.2, -0.15) is 5.26 Å². The predicted octanol–water partition coefficient (Wildman–Crippen LogP) is 3.85. The summed E-state index contributed by atoms with van der Waals surface area (Å²) in [5, 5.41) is 14.2. The summed E-state index contributed by atoms with van der Waals surface area (Å²) in [5.74, 6) is -1.15. The second kappa shape index (κ2) is 8.01. The normalized spacial score (nSPS) is 10.6. The van der Waals surface area contributed by atoms with Gasteiger partial charge in [-0.05, 0) is 45.4 Å². The van der Waals surface area contributed by atoms with Crippen molar-refractivity contribution in [1.82, 2.24) is 5.32 Å². The van der Waals surface area contributed by atoms with Crippen molar-refractivity contribution in [3.63, 3.8) is 0 Å². The molecule has 0 atom stereocenters. The zero-order chi connectivity index (χ0) is 20.2. The van der Waals surface area contributed by atoms with E-state index in [4.69, 9.17) is 4.74 Å². The van der Waals surface area contributed by atoms with Gasteiger partial charge in [0, 0.05) is 5.56 Å². The van der Waals surface area contributed by atoms with Crippen LogP contribution in [-0.2, 0) is 4.74 Å². The monoisotopic (exact) mass is 385 g/mol. The molecule has 0 aliphatic carbocycles. The van der Waals surface area contributed by atoms with Crippen LogP contribution in [0.4, 0.5) is 9.80 Å². The summed E-state index contributed by atoms with van der Waals surface area (Å²) in [7, 11) is 0. The molecule has 2 rings (SSSR count). The molecule has 2 N–H and O–H groups in total. The zero-order valence-corrected chi connectivity index (χ0v) is 16.2. The van der Waals surface area contributed by atoms with Crippen molar-refractivity contribution in [1.29, 1.82) is 5.26 Å². The molecular formula is C19H19N3O4S. The smallest absolute Gasteiger partial charge is 0.349 e. The quantitative estimate of drug-likeness (QED) is 0.780. The number of carbonyl (C=O) groups excluding carboxylic acids is 3. The van der Waals surface area contributed by atoms with E-state index < -0.39 is 23.5 Å². The number of urea groups is 1. The lowest BCUT2D eigenvalue weighted by molar-refractivity contribution is 0.00743. The molecule has 1 heterocycles. The Labute approximate surface area is 161 Å². The fourth-order valence-electron chi connectivity index (χ4n) is 2.15. The van der Waals surface area contributed by atoms with Crippen molar-refractivity contribution < 1.29 is 19.1 Å². The lowest BCUT2D eigenvalue weighted by atomic mass is 10.1. The van der Waals surface area contributed by atoms with E-state index in [9.17, 15) is 19.6 Å². The first kappa shape index (κ1) is 20.1. The Morgan fingerprint density at radius 1 is 1.15 bits per heavy atom. The number of nitrogens with zero attached hydrogens (tertiary/aromatic N) is 1. The largest absolute Gasteiger partial charge is 0.456 e. The van der Waals surface area contributed by atoms with Gasteiger partial charge in [0.05, 0.1) is 5.56 Å². The van der Waals surface area contributed by atoms with Crippen LogP contribution < -0.4 is 10.6 Å². The van der Waals surface area contributed by atoms with Gasteiger partial charge in [0.2, 0.25) is 0 Å². The minimum atomic E-state index is -0.794. The number of nitriles is 1. The molecule has 0 saturated heterocycles. The maximum Gasteiger partial charge on any atom is 0.349 e. The number of amides is 3. The number of nitrogens with one attached hydrogen (secondary N) is 2. The summed E-state index contributed by atoms with van der Waals surface area (Å²) < 4.78 is 5.32. The molecule has 7 nitrogen and oxygen atoms in total. The minimum Gasteiger partial charge on any atom is -0.456 e. The van der Waals surface area contributed by atoms with Gasteiger partial charge in [-0.1, -0.05) is 18.2 Å². The molecule has 0 spiro atoms. The highest BCUT2D eigenvalue weighted by atomic mass is 32.1.